The van der Waals surface area contributed by atoms with Crippen LogP contribution in [0.3, 0.4) is 0 Å². The standard InChI is InChI=1S/C15H17ClN2/c1-11-7-12(2)9-14(8-11)18(3)10-13-5-4-6-15(16)17-13/h4-9H,10H2,1-3H3. The second-order valence-corrected chi connectivity index (χ2v) is 5.04. The van der Waals surface area contributed by atoms with Crippen LogP contribution >= 0.6 is 11.6 Å². The number of benzene rings is 1. The predicted octanol–water partition coefficient (Wildman–Crippen LogP) is 3.99. The van der Waals surface area contributed by atoms with Crippen molar-refractivity contribution < 1.29 is 0 Å². The first-order valence-corrected chi connectivity index (χ1v) is 6.33. The number of hydrogen-bond acceptors (Lipinski definition) is 2. The van der Waals surface area contributed by atoms with E-state index in [1.54, 1.807) is 6.07 Å². The molecule has 94 valence electrons. The lowest BCUT2D eigenvalue weighted by Gasteiger charge is -2.20. The lowest BCUT2D eigenvalue weighted by molar-refractivity contribution is 0.883. The Labute approximate surface area is 113 Å². The van der Waals surface area contributed by atoms with Crippen molar-refractivity contribution in [3.05, 3.63) is 58.4 Å². The number of hydrogen-bond donors (Lipinski definition) is 0. The Morgan fingerprint density at radius 3 is 2.39 bits per heavy atom. The minimum absolute atomic E-state index is 0.543. The predicted molar refractivity (Wildman–Crippen MR) is 77.3 cm³/mol. The minimum atomic E-state index is 0.543. The van der Waals surface area contributed by atoms with Gasteiger partial charge in [0.05, 0.1) is 12.2 Å². The molecule has 18 heavy (non-hydrogen) atoms. The van der Waals surface area contributed by atoms with E-state index >= 15 is 0 Å². The molecule has 0 aliphatic carbocycles. The van der Waals surface area contributed by atoms with E-state index in [9.17, 15) is 0 Å². The van der Waals surface area contributed by atoms with Gasteiger partial charge in [-0.2, -0.15) is 0 Å². The first-order valence-electron chi connectivity index (χ1n) is 5.95. The van der Waals surface area contributed by atoms with Gasteiger partial charge in [0.1, 0.15) is 5.15 Å². The van der Waals surface area contributed by atoms with Crippen LogP contribution in [0.2, 0.25) is 5.15 Å². The zero-order chi connectivity index (χ0) is 13.1. The Hall–Kier alpha value is -1.54. The molecule has 1 heterocycles. The normalized spacial score (nSPS) is 10.4. The highest BCUT2D eigenvalue weighted by Gasteiger charge is 2.04. The van der Waals surface area contributed by atoms with Crippen molar-refractivity contribution >= 4 is 17.3 Å². The highest BCUT2D eigenvalue weighted by molar-refractivity contribution is 6.29. The fourth-order valence-electron chi connectivity index (χ4n) is 2.04. The van der Waals surface area contributed by atoms with Gasteiger partial charge in [-0.05, 0) is 49.2 Å². The maximum absolute atomic E-state index is 5.90. The van der Waals surface area contributed by atoms with Crippen LogP contribution < -0.4 is 4.90 Å². The molecule has 2 aromatic rings. The molecule has 0 atom stereocenters. The molecule has 1 aromatic carbocycles. The fraction of sp³-hybridized carbons (Fsp3) is 0.267. The number of rotatable bonds is 3. The highest BCUT2D eigenvalue weighted by Crippen LogP contribution is 2.19. The Bertz CT molecular complexity index is 532. The molecule has 0 bridgehead atoms. The monoisotopic (exact) mass is 260 g/mol. The second-order valence-electron chi connectivity index (χ2n) is 4.65. The van der Waals surface area contributed by atoms with Crippen LogP contribution in [-0.4, -0.2) is 12.0 Å². The molecule has 0 spiro atoms. The van der Waals surface area contributed by atoms with Crippen LogP contribution in [0.5, 0.6) is 0 Å². The van der Waals surface area contributed by atoms with E-state index in [1.807, 2.05) is 12.1 Å². The third kappa shape index (κ3) is 3.23. The lowest BCUT2D eigenvalue weighted by Crippen LogP contribution is -2.17. The number of aromatic nitrogens is 1. The van der Waals surface area contributed by atoms with E-state index in [0.717, 1.165) is 12.2 Å². The smallest absolute Gasteiger partial charge is 0.129 e. The van der Waals surface area contributed by atoms with Crippen LogP contribution in [0.1, 0.15) is 16.8 Å². The summed E-state index contributed by atoms with van der Waals surface area (Å²) in [6, 6.07) is 12.2. The zero-order valence-corrected chi connectivity index (χ0v) is 11.7. The van der Waals surface area contributed by atoms with Gasteiger partial charge >= 0.3 is 0 Å². The van der Waals surface area contributed by atoms with Gasteiger partial charge in [-0.3, -0.25) is 0 Å². The van der Waals surface area contributed by atoms with Gasteiger partial charge in [0, 0.05) is 12.7 Å². The first-order chi connectivity index (χ1) is 8.54. The van der Waals surface area contributed by atoms with Gasteiger partial charge in [0.15, 0.2) is 0 Å². The molecule has 0 aliphatic heterocycles. The van der Waals surface area contributed by atoms with E-state index in [2.05, 4.69) is 49.0 Å². The second kappa shape index (κ2) is 5.40. The topological polar surface area (TPSA) is 16.1 Å². The Balaban J connectivity index is 2.19. The molecular formula is C15H17ClN2. The number of pyridine rings is 1. The van der Waals surface area contributed by atoms with Gasteiger partial charge in [-0.1, -0.05) is 23.7 Å². The van der Waals surface area contributed by atoms with E-state index in [-0.39, 0.29) is 0 Å². The molecule has 3 heteroatoms. The maximum atomic E-state index is 5.90. The van der Waals surface area contributed by atoms with Gasteiger partial charge in [0.2, 0.25) is 0 Å². The van der Waals surface area contributed by atoms with E-state index in [4.69, 9.17) is 11.6 Å². The van der Waals surface area contributed by atoms with E-state index in [0.29, 0.717) is 5.15 Å². The van der Waals surface area contributed by atoms with E-state index in [1.165, 1.54) is 16.8 Å². The molecule has 1 aromatic heterocycles. The van der Waals surface area contributed by atoms with Crippen molar-refractivity contribution in [2.75, 3.05) is 11.9 Å². The van der Waals surface area contributed by atoms with E-state index < -0.39 is 0 Å². The Morgan fingerprint density at radius 2 is 1.78 bits per heavy atom. The quantitative estimate of drug-likeness (QED) is 0.776. The zero-order valence-electron chi connectivity index (χ0n) is 10.9. The maximum Gasteiger partial charge on any atom is 0.129 e. The van der Waals surface area contributed by atoms with Crippen molar-refractivity contribution in [1.29, 1.82) is 0 Å². The minimum Gasteiger partial charge on any atom is -0.369 e. The van der Waals surface area contributed by atoms with Crippen LogP contribution in [-0.2, 0) is 6.54 Å². The van der Waals surface area contributed by atoms with Crippen LogP contribution in [0.4, 0.5) is 5.69 Å². The summed E-state index contributed by atoms with van der Waals surface area (Å²) < 4.78 is 0. The summed E-state index contributed by atoms with van der Waals surface area (Å²) in [7, 11) is 2.07. The summed E-state index contributed by atoms with van der Waals surface area (Å²) in [5.74, 6) is 0. The molecule has 0 saturated heterocycles. The Morgan fingerprint density at radius 1 is 1.11 bits per heavy atom. The molecule has 0 saturated carbocycles. The van der Waals surface area contributed by atoms with Gasteiger partial charge in [-0.25, -0.2) is 4.98 Å². The summed E-state index contributed by atoms with van der Waals surface area (Å²) in [4.78, 5) is 6.49. The average Bonchev–Trinajstić information content (AvgIpc) is 2.27. The van der Waals surface area contributed by atoms with Gasteiger partial charge in [0.25, 0.3) is 0 Å². The van der Waals surface area contributed by atoms with Crippen molar-refractivity contribution in [2.45, 2.75) is 20.4 Å². The Kier molecular flexibility index (Phi) is 3.87. The number of aryl methyl sites for hydroxylation is 2. The third-order valence-corrected chi connectivity index (χ3v) is 3.03. The summed E-state index contributed by atoms with van der Waals surface area (Å²) in [5, 5.41) is 0.543. The SMILES string of the molecule is Cc1cc(C)cc(N(C)Cc2cccc(Cl)n2)c1. The van der Waals surface area contributed by atoms with Crippen molar-refractivity contribution in [3.63, 3.8) is 0 Å². The number of anilines is 1. The molecule has 0 amide bonds. The van der Waals surface area contributed by atoms with Crippen LogP contribution in [0.25, 0.3) is 0 Å². The molecule has 0 radical (unpaired) electrons. The van der Waals surface area contributed by atoms with Crippen LogP contribution in [0.15, 0.2) is 36.4 Å². The highest BCUT2D eigenvalue weighted by atomic mass is 35.5. The number of nitrogens with zero attached hydrogens (tertiary/aromatic N) is 2. The number of halogens is 1. The molecule has 0 unspecified atom stereocenters. The molecule has 0 aliphatic rings. The van der Waals surface area contributed by atoms with Gasteiger partial charge in [-0.15, -0.1) is 0 Å². The molecule has 2 nitrogen and oxygen atoms in total. The molecule has 0 N–H and O–H groups in total. The average molecular weight is 261 g/mol. The summed E-state index contributed by atoms with van der Waals surface area (Å²) in [5.41, 5.74) is 4.73. The van der Waals surface area contributed by atoms with Crippen LogP contribution in [0, 0.1) is 13.8 Å². The largest absolute Gasteiger partial charge is 0.369 e. The van der Waals surface area contributed by atoms with Crippen molar-refractivity contribution in [1.82, 2.24) is 4.98 Å². The summed E-state index contributed by atoms with van der Waals surface area (Å²) in [6.45, 7) is 4.98. The summed E-state index contributed by atoms with van der Waals surface area (Å²) >= 11 is 5.90. The molecule has 2 rings (SSSR count). The first kappa shape index (κ1) is 12.9. The van der Waals surface area contributed by atoms with Crippen molar-refractivity contribution in [3.8, 4) is 0 Å². The van der Waals surface area contributed by atoms with Gasteiger partial charge < -0.3 is 4.90 Å². The summed E-state index contributed by atoms with van der Waals surface area (Å²) in [6.07, 6.45) is 0. The third-order valence-electron chi connectivity index (χ3n) is 2.82. The fourth-order valence-corrected chi connectivity index (χ4v) is 2.22. The molecular weight excluding hydrogens is 244 g/mol. The van der Waals surface area contributed by atoms with Crippen molar-refractivity contribution in [2.24, 2.45) is 0 Å². The lowest BCUT2D eigenvalue weighted by atomic mass is 10.1. The molecule has 0 fully saturated rings.